The molecule has 2 aromatic rings. The maximum Gasteiger partial charge on any atom is 0.416 e. The van der Waals surface area contributed by atoms with Gasteiger partial charge in [0.2, 0.25) is 5.91 Å². The highest BCUT2D eigenvalue weighted by Crippen LogP contribution is 2.33. The first-order chi connectivity index (χ1) is 15.8. The number of urea groups is 1. The molecule has 186 valence electrons. The summed E-state index contributed by atoms with van der Waals surface area (Å²) in [6.07, 6.45) is -8.77. The lowest BCUT2D eigenvalue weighted by molar-refractivity contribution is -0.138. The Morgan fingerprint density at radius 1 is 0.912 bits per heavy atom. The van der Waals surface area contributed by atoms with Gasteiger partial charge in [-0.25, -0.2) is 4.79 Å². The van der Waals surface area contributed by atoms with Crippen molar-refractivity contribution >= 4 is 23.3 Å². The summed E-state index contributed by atoms with van der Waals surface area (Å²) in [6, 6.07) is 7.05. The second-order valence-corrected chi connectivity index (χ2v) is 8.01. The van der Waals surface area contributed by atoms with Crippen LogP contribution in [0, 0.1) is 5.92 Å². The number of hydrogen-bond acceptors (Lipinski definition) is 2. The molecule has 11 heteroatoms. The predicted octanol–water partition coefficient (Wildman–Crippen LogP) is 6.32. The molecule has 0 spiro atoms. The maximum absolute atomic E-state index is 13.2. The molecule has 0 unspecified atom stereocenters. The van der Waals surface area contributed by atoms with Crippen molar-refractivity contribution in [1.29, 1.82) is 0 Å². The molecule has 2 aromatic carbocycles. The normalized spacial score (nSPS) is 11.9. The molecule has 2 N–H and O–H groups in total. The van der Waals surface area contributed by atoms with E-state index in [0.29, 0.717) is 6.42 Å². The fourth-order valence-electron chi connectivity index (χ4n) is 3.07. The molecule has 0 aliphatic heterocycles. The number of anilines is 2. The predicted molar refractivity (Wildman–Crippen MR) is 116 cm³/mol. The minimum atomic E-state index is -4.65. The Morgan fingerprint density at radius 3 is 2.09 bits per heavy atom. The summed E-state index contributed by atoms with van der Waals surface area (Å²) in [7, 11) is 0. The van der Waals surface area contributed by atoms with Gasteiger partial charge >= 0.3 is 18.4 Å². The number of nitrogens with one attached hydrogen (secondary N) is 2. The van der Waals surface area contributed by atoms with Crippen LogP contribution in [0.2, 0.25) is 0 Å². The molecule has 0 saturated heterocycles. The summed E-state index contributed by atoms with van der Waals surface area (Å²) >= 11 is 0. The monoisotopic (exact) mass is 489 g/mol. The van der Waals surface area contributed by atoms with E-state index in [1.165, 1.54) is 12.1 Å². The van der Waals surface area contributed by atoms with Gasteiger partial charge in [0.1, 0.15) is 0 Å². The number of carbonyl (C=O) groups excluding carboxylic acids is 2. The molecule has 0 fully saturated rings. The number of benzene rings is 2. The quantitative estimate of drug-likeness (QED) is 0.337. The number of alkyl halides is 6. The third kappa shape index (κ3) is 8.27. The first kappa shape index (κ1) is 27.0. The fraction of sp³-hybridized carbons (Fsp3) is 0.391. The van der Waals surface area contributed by atoms with Crippen molar-refractivity contribution in [3.63, 3.8) is 0 Å². The molecule has 3 amide bonds. The van der Waals surface area contributed by atoms with Crippen molar-refractivity contribution in [2.75, 3.05) is 23.3 Å². The summed E-state index contributed by atoms with van der Waals surface area (Å²) < 4.78 is 78.4. The number of rotatable bonds is 8. The Balaban J connectivity index is 2.21. The van der Waals surface area contributed by atoms with Crippen molar-refractivity contribution < 1.29 is 35.9 Å². The van der Waals surface area contributed by atoms with E-state index in [1.54, 1.807) is 0 Å². The minimum absolute atomic E-state index is 0.0892. The third-order valence-electron chi connectivity index (χ3n) is 4.65. The smallest absolute Gasteiger partial charge is 0.356 e. The number of amides is 3. The average Bonchev–Trinajstić information content (AvgIpc) is 2.72. The van der Waals surface area contributed by atoms with Crippen LogP contribution in [0.5, 0.6) is 0 Å². The molecular weight excluding hydrogens is 464 g/mol. The molecule has 0 bridgehead atoms. The molecule has 34 heavy (non-hydrogen) atoms. The second kappa shape index (κ2) is 11.3. The number of carbonyl (C=O) groups is 2. The van der Waals surface area contributed by atoms with Crippen molar-refractivity contribution in [3.05, 3.63) is 59.7 Å². The summed E-state index contributed by atoms with van der Waals surface area (Å²) in [5.41, 5.74) is -2.22. The van der Waals surface area contributed by atoms with Crippen LogP contribution in [0.1, 0.15) is 37.8 Å². The Kier molecular flexibility index (Phi) is 8.94. The molecule has 0 aromatic heterocycles. The standard InChI is InChI=1S/C23H25F6N3O2/c1-15(2)12-20(33)30-10-5-11-32(19-9-4-7-17(14-19)23(27,28)29)21(34)31-18-8-3-6-16(13-18)22(24,25)26/h3-4,6-9,13-15H,5,10-12H2,1-2H3,(H,30,33)(H,31,34). The van der Waals surface area contributed by atoms with Gasteiger partial charge in [-0.15, -0.1) is 0 Å². The molecule has 0 heterocycles. The van der Waals surface area contributed by atoms with Gasteiger partial charge in [0, 0.05) is 30.9 Å². The Labute approximate surface area is 193 Å². The largest absolute Gasteiger partial charge is 0.416 e. The van der Waals surface area contributed by atoms with Gasteiger partial charge in [-0.05, 0) is 48.7 Å². The number of hydrogen-bond donors (Lipinski definition) is 2. The zero-order chi connectivity index (χ0) is 25.5. The minimum Gasteiger partial charge on any atom is -0.356 e. The van der Waals surface area contributed by atoms with Crippen LogP contribution in [-0.2, 0) is 17.1 Å². The second-order valence-electron chi connectivity index (χ2n) is 8.01. The van der Waals surface area contributed by atoms with E-state index in [9.17, 15) is 35.9 Å². The zero-order valence-corrected chi connectivity index (χ0v) is 18.6. The Morgan fingerprint density at radius 2 is 1.50 bits per heavy atom. The fourth-order valence-corrected chi connectivity index (χ4v) is 3.07. The Hall–Kier alpha value is -3.24. The highest BCUT2D eigenvalue weighted by Gasteiger charge is 2.32. The molecule has 0 atom stereocenters. The van der Waals surface area contributed by atoms with Crippen molar-refractivity contribution in [1.82, 2.24) is 5.32 Å². The molecule has 2 rings (SSSR count). The van der Waals surface area contributed by atoms with E-state index in [-0.39, 0.29) is 42.7 Å². The highest BCUT2D eigenvalue weighted by molar-refractivity contribution is 6.01. The van der Waals surface area contributed by atoms with Crippen molar-refractivity contribution in [2.45, 2.75) is 39.0 Å². The molecule has 0 saturated carbocycles. The van der Waals surface area contributed by atoms with Crippen LogP contribution in [0.3, 0.4) is 0 Å². The molecule has 0 aliphatic rings. The Bertz CT molecular complexity index is 989. The van der Waals surface area contributed by atoms with Gasteiger partial charge in [-0.3, -0.25) is 9.69 Å². The van der Waals surface area contributed by atoms with Crippen LogP contribution in [0.15, 0.2) is 48.5 Å². The van der Waals surface area contributed by atoms with Crippen LogP contribution < -0.4 is 15.5 Å². The van der Waals surface area contributed by atoms with E-state index in [4.69, 9.17) is 0 Å². The van der Waals surface area contributed by atoms with Crippen LogP contribution in [0.25, 0.3) is 0 Å². The van der Waals surface area contributed by atoms with Gasteiger partial charge in [0.15, 0.2) is 0 Å². The SMILES string of the molecule is CC(C)CC(=O)NCCCN(C(=O)Nc1cccc(C(F)(F)F)c1)c1cccc(C(F)(F)F)c1. The molecular formula is C23H25F6N3O2. The van der Waals surface area contributed by atoms with E-state index >= 15 is 0 Å². The van der Waals surface area contributed by atoms with Crippen molar-refractivity contribution in [2.24, 2.45) is 5.92 Å². The zero-order valence-electron chi connectivity index (χ0n) is 18.6. The van der Waals surface area contributed by atoms with Gasteiger partial charge < -0.3 is 10.6 Å². The molecule has 0 aliphatic carbocycles. The average molecular weight is 489 g/mol. The van der Waals surface area contributed by atoms with E-state index < -0.39 is 29.5 Å². The topological polar surface area (TPSA) is 61.4 Å². The van der Waals surface area contributed by atoms with E-state index in [1.807, 2.05) is 13.8 Å². The van der Waals surface area contributed by atoms with Gasteiger partial charge in [-0.2, -0.15) is 26.3 Å². The molecule has 0 radical (unpaired) electrons. The van der Waals surface area contributed by atoms with Gasteiger partial charge in [-0.1, -0.05) is 26.0 Å². The highest BCUT2D eigenvalue weighted by atomic mass is 19.4. The maximum atomic E-state index is 13.2. The first-order valence-electron chi connectivity index (χ1n) is 10.5. The van der Waals surface area contributed by atoms with Crippen LogP contribution >= 0.6 is 0 Å². The lowest BCUT2D eigenvalue weighted by Crippen LogP contribution is -2.37. The summed E-state index contributed by atoms with van der Waals surface area (Å²) in [4.78, 5) is 25.7. The molecule has 5 nitrogen and oxygen atoms in total. The lowest BCUT2D eigenvalue weighted by Gasteiger charge is -2.24. The summed E-state index contributed by atoms with van der Waals surface area (Å²) in [5.74, 6) is -0.0612. The number of nitrogens with zero attached hydrogens (tertiary/aromatic N) is 1. The summed E-state index contributed by atoms with van der Waals surface area (Å²) in [5, 5.41) is 4.97. The van der Waals surface area contributed by atoms with E-state index in [2.05, 4.69) is 10.6 Å². The van der Waals surface area contributed by atoms with Gasteiger partial charge in [0.05, 0.1) is 11.1 Å². The summed E-state index contributed by atoms with van der Waals surface area (Å²) in [6.45, 7) is 3.81. The van der Waals surface area contributed by atoms with Crippen LogP contribution in [-0.4, -0.2) is 25.0 Å². The van der Waals surface area contributed by atoms with Crippen LogP contribution in [0.4, 0.5) is 42.5 Å². The lowest BCUT2D eigenvalue weighted by atomic mass is 10.1. The van der Waals surface area contributed by atoms with Gasteiger partial charge in [0.25, 0.3) is 0 Å². The first-order valence-corrected chi connectivity index (χ1v) is 10.5. The van der Waals surface area contributed by atoms with Crippen molar-refractivity contribution in [3.8, 4) is 0 Å². The number of halogens is 6. The van der Waals surface area contributed by atoms with E-state index in [0.717, 1.165) is 41.3 Å². The third-order valence-corrected chi connectivity index (χ3v) is 4.65.